The summed E-state index contributed by atoms with van der Waals surface area (Å²) in [6.45, 7) is 1.85. The highest BCUT2D eigenvalue weighted by molar-refractivity contribution is 8.26. The fraction of sp³-hybridized carbons (Fsp3) is 0.0625. The number of benzene rings is 1. The molecule has 23 heavy (non-hydrogen) atoms. The fourth-order valence-electron chi connectivity index (χ4n) is 2.14. The van der Waals surface area contributed by atoms with Crippen LogP contribution in [0.25, 0.3) is 17.4 Å². The first-order valence-electron chi connectivity index (χ1n) is 6.61. The molecule has 1 amide bonds. The summed E-state index contributed by atoms with van der Waals surface area (Å²) in [4.78, 5) is 23.1. The molecule has 0 spiro atoms. The van der Waals surface area contributed by atoms with E-state index in [0.29, 0.717) is 26.3 Å². The van der Waals surface area contributed by atoms with Crippen LogP contribution in [0.4, 0.5) is 0 Å². The van der Waals surface area contributed by atoms with Crippen molar-refractivity contribution in [2.75, 3.05) is 0 Å². The van der Waals surface area contributed by atoms with E-state index in [1.807, 2.05) is 6.92 Å². The Hall–Kier alpha value is -2.38. The van der Waals surface area contributed by atoms with Crippen molar-refractivity contribution in [1.29, 1.82) is 0 Å². The zero-order valence-electron chi connectivity index (χ0n) is 11.9. The maximum absolute atomic E-state index is 11.6. The predicted octanol–water partition coefficient (Wildman–Crippen LogP) is 2.11. The van der Waals surface area contributed by atoms with Gasteiger partial charge in [-0.05, 0) is 36.2 Å². The summed E-state index contributed by atoms with van der Waals surface area (Å²) >= 11 is 6.09. The lowest BCUT2D eigenvalue weighted by Gasteiger charge is -2.07. The van der Waals surface area contributed by atoms with Crippen molar-refractivity contribution in [1.82, 2.24) is 5.32 Å². The van der Waals surface area contributed by atoms with Gasteiger partial charge in [0.1, 0.15) is 15.8 Å². The van der Waals surface area contributed by atoms with E-state index >= 15 is 0 Å². The molecule has 0 radical (unpaired) electrons. The number of amides is 1. The van der Waals surface area contributed by atoms with Gasteiger partial charge in [-0.15, -0.1) is 0 Å². The lowest BCUT2D eigenvalue weighted by Crippen LogP contribution is -2.22. The second kappa shape index (κ2) is 6.02. The van der Waals surface area contributed by atoms with Gasteiger partial charge in [-0.3, -0.25) is 4.79 Å². The molecular formula is C16H10NO4S2-. The summed E-state index contributed by atoms with van der Waals surface area (Å²) in [5, 5.41) is 13.5. The SMILES string of the molecule is Cc1ccc(C(=O)[O-])cc1-c1ccc(/C=C2\SC(=S)NC2=O)o1. The van der Waals surface area contributed by atoms with Crippen molar-refractivity contribution in [3.05, 3.63) is 52.1 Å². The monoisotopic (exact) mass is 344 g/mol. The number of aromatic carboxylic acids is 1. The smallest absolute Gasteiger partial charge is 0.263 e. The van der Waals surface area contributed by atoms with Gasteiger partial charge in [0.05, 0.1) is 10.9 Å². The van der Waals surface area contributed by atoms with Gasteiger partial charge in [0.15, 0.2) is 0 Å². The second-order valence-corrected chi connectivity index (χ2v) is 6.59. The Kier molecular flexibility index (Phi) is 4.06. The Labute approximate surface area is 141 Å². The van der Waals surface area contributed by atoms with Gasteiger partial charge < -0.3 is 19.6 Å². The minimum Gasteiger partial charge on any atom is -0.545 e. The highest BCUT2D eigenvalue weighted by atomic mass is 32.2. The van der Waals surface area contributed by atoms with Crippen LogP contribution in [0.5, 0.6) is 0 Å². The molecule has 1 aliphatic heterocycles. The van der Waals surface area contributed by atoms with Gasteiger partial charge in [-0.25, -0.2) is 0 Å². The van der Waals surface area contributed by atoms with Crippen LogP contribution in [-0.2, 0) is 4.79 Å². The number of thiocarbonyl (C=S) groups is 1. The van der Waals surface area contributed by atoms with E-state index in [2.05, 4.69) is 5.32 Å². The molecule has 1 aromatic carbocycles. The van der Waals surface area contributed by atoms with Gasteiger partial charge >= 0.3 is 0 Å². The number of hydrogen-bond donors (Lipinski definition) is 1. The molecule has 116 valence electrons. The van der Waals surface area contributed by atoms with Crippen LogP contribution in [0.2, 0.25) is 0 Å². The largest absolute Gasteiger partial charge is 0.545 e. The molecule has 5 nitrogen and oxygen atoms in total. The highest BCUT2D eigenvalue weighted by Gasteiger charge is 2.22. The van der Waals surface area contributed by atoms with E-state index < -0.39 is 5.97 Å². The first kappa shape index (κ1) is 15.5. The highest BCUT2D eigenvalue weighted by Crippen LogP contribution is 2.30. The molecule has 2 heterocycles. The molecule has 1 saturated heterocycles. The van der Waals surface area contributed by atoms with Gasteiger partial charge in [0, 0.05) is 11.6 Å². The van der Waals surface area contributed by atoms with Gasteiger partial charge in [-0.2, -0.15) is 0 Å². The Morgan fingerprint density at radius 2 is 2.13 bits per heavy atom. The van der Waals surface area contributed by atoms with Gasteiger partial charge in [0.2, 0.25) is 0 Å². The standard InChI is InChI=1S/C16H11NO4S2/c1-8-2-3-9(15(19)20)6-11(8)12-5-4-10(21-12)7-13-14(18)17-16(22)23-13/h2-7H,1H3,(H,19,20)(H,17,18,22)/p-1/b13-7-. The molecule has 0 aliphatic carbocycles. The Morgan fingerprint density at radius 1 is 1.35 bits per heavy atom. The predicted molar refractivity (Wildman–Crippen MR) is 89.5 cm³/mol. The number of carbonyl (C=O) groups is 2. The third-order valence-electron chi connectivity index (χ3n) is 3.28. The Balaban J connectivity index is 1.95. The van der Waals surface area contributed by atoms with E-state index in [9.17, 15) is 14.7 Å². The third kappa shape index (κ3) is 3.20. The quantitative estimate of drug-likeness (QED) is 0.678. The number of aryl methyl sites for hydroxylation is 1. The Morgan fingerprint density at radius 3 is 2.78 bits per heavy atom. The summed E-state index contributed by atoms with van der Waals surface area (Å²) in [5.74, 6) is -0.496. The van der Waals surface area contributed by atoms with Crippen LogP contribution < -0.4 is 10.4 Å². The van der Waals surface area contributed by atoms with Gasteiger partial charge in [-0.1, -0.05) is 36.1 Å². The summed E-state index contributed by atoms with van der Waals surface area (Å²) in [7, 11) is 0. The summed E-state index contributed by atoms with van der Waals surface area (Å²) in [6.07, 6.45) is 1.60. The molecule has 2 aromatic rings. The summed E-state index contributed by atoms with van der Waals surface area (Å²) < 4.78 is 6.11. The van der Waals surface area contributed by atoms with E-state index in [1.165, 1.54) is 23.9 Å². The van der Waals surface area contributed by atoms with Crippen molar-refractivity contribution < 1.29 is 19.1 Å². The topological polar surface area (TPSA) is 82.4 Å². The van der Waals surface area contributed by atoms with E-state index in [0.717, 1.165) is 5.56 Å². The number of rotatable bonds is 3. The first-order valence-corrected chi connectivity index (χ1v) is 7.83. The van der Waals surface area contributed by atoms with Crippen LogP contribution >= 0.6 is 24.0 Å². The maximum atomic E-state index is 11.6. The number of nitrogens with one attached hydrogen (secondary N) is 1. The van der Waals surface area contributed by atoms with Gasteiger partial charge in [0.25, 0.3) is 5.91 Å². The maximum Gasteiger partial charge on any atom is 0.263 e. The number of thioether (sulfide) groups is 1. The van der Waals surface area contributed by atoms with Crippen molar-refractivity contribution in [3.8, 4) is 11.3 Å². The van der Waals surface area contributed by atoms with Crippen molar-refractivity contribution >= 4 is 46.3 Å². The van der Waals surface area contributed by atoms with Crippen LogP contribution in [0.15, 0.2) is 39.7 Å². The average molecular weight is 344 g/mol. The molecule has 0 atom stereocenters. The average Bonchev–Trinajstić information content (AvgIpc) is 3.06. The summed E-state index contributed by atoms with van der Waals surface area (Å²) in [6, 6.07) is 8.12. The van der Waals surface area contributed by atoms with E-state index in [1.54, 1.807) is 24.3 Å². The summed E-state index contributed by atoms with van der Waals surface area (Å²) in [5.41, 5.74) is 1.62. The number of carboxylic acid groups (broad SMARTS) is 1. The van der Waals surface area contributed by atoms with Crippen molar-refractivity contribution in [2.45, 2.75) is 6.92 Å². The Bertz CT molecular complexity index is 867. The normalized spacial score (nSPS) is 16.0. The number of hydrogen-bond acceptors (Lipinski definition) is 6. The molecule has 0 saturated carbocycles. The molecule has 7 heteroatoms. The molecule has 0 unspecified atom stereocenters. The van der Waals surface area contributed by atoms with Crippen LogP contribution in [0, 0.1) is 6.92 Å². The minimum atomic E-state index is -1.24. The zero-order chi connectivity index (χ0) is 16.6. The fourth-order valence-corrected chi connectivity index (χ4v) is 3.16. The lowest BCUT2D eigenvalue weighted by molar-refractivity contribution is -0.255. The van der Waals surface area contributed by atoms with Crippen LogP contribution in [0.1, 0.15) is 21.7 Å². The van der Waals surface area contributed by atoms with Crippen LogP contribution in [-0.4, -0.2) is 16.2 Å². The molecule has 1 aromatic heterocycles. The molecule has 1 fully saturated rings. The van der Waals surface area contributed by atoms with E-state index in [4.69, 9.17) is 16.6 Å². The second-order valence-electron chi connectivity index (χ2n) is 4.87. The molecule has 1 N–H and O–H groups in total. The van der Waals surface area contributed by atoms with Crippen molar-refractivity contribution in [2.24, 2.45) is 0 Å². The lowest BCUT2D eigenvalue weighted by atomic mass is 10.0. The van der Waals surface area contributed by atoms with Crippen molar-refractivity contribution in [3.63, 3.8) is 0 Å². The number of carboxylic acids is 1. The first-order chi connectivity index (χ1) is 10.9. The van der Waals surface area contributed by atoms with E-state index in [-0.39, 0.29) is 11.5 Å². The molecule has 0 bridgehead atoms. The minimum absolute atomic E-state index is 0.0815. The number of carbonyl (C=O) groups excluding carboxylic acids is 2. The third-order valence-corrected chi connectivity index (χ3v) is 4.44. The molecule has 1 aliphatic rings. The zero-order valence-corrected chi connectivity index (χ0v) is 13.5. The molecule has 3 rings (SSSR count). The van der Waals surface area contributed by atoms with Crippen LogP contribution in [0.3, 0.4) is 0 Å². The number of furan rings is 1. The molecular weight excluding hydrogens is 334 g/mol.